The van der Waals surface area contributed by atoms with E-state index in [0.717, 1.165) is 19.3 Å². The highest BCUT2D eigenvalue weighted by molar-refractivity contribution is 5.94. The van der Waals surface area contributed by atoms with Gasteiger partial charge >= 0.3 is 6.09 Å². The maximum atomic E-state index is 12.0. The molecule has 0 radical (unpaired) electrons. The van der Waals surface area contributed by atoms with E-state index in [1.165, 1.54) is 0 Å². The molecule has 1 aromatic carbocycles. The van der Waals surface area contributed by atoms with Crippen LogP contribution in [0.1, 0.15) is 50.4 Å². The van der Waals surface area contributed by atoms with Gasteiger partial charge in [-0.15, -0.1) is 0 Å². The van der Waals surface area contributed by atoms with Gasteiger partial charge in [0.15, 0.2) is 0 Å². The van der Waals surface area contributed by atoms with Gasteiger partial charge in [0.1, 0.15) is 5.60 Å². The zero-order valence-corrected chi connectivity index (χ0v) is 14.1. The maximum absolute atomic E-state index is 12.0. The van der Waals surface area contributed by atoms with E-state index in [0.29, 0.717) is 18.0 Å². The second-order valence-corrected chi connectivity index (χ2v) is 7.10. The SMILES string of the molecule is CC(C)(C)OC(=O)N[C@H]1CC[C@@H](CNC(=O)c2ccccc2)C1. The van der Waals surface area contributed by atoms with Crippen LogP contribution in [0.5, 0.6) is 0 Å². The fraction of sp³-hybridized carbons (Fsp3) is 0.556. The van der Waals surface area contributed by atoms with Crippen molar-refractivity contribution in [3.63, 3.8) is 0 Å². The Balaban J connectivity index is 1.71. The third-order valence-electron chi connectivity index (χ3n) is 3.85. The van der Waals surface area contributed by atoms with Crippen LogP contribution in [0.25, 0.3) is 0 Å². The number of carbonyl (C=O) groups excluding carboxylic acids is 2. The Bertz CT molecular complexity index is 537. The molecule has 2 amide bonds. The normalized spacial score (nSPS) is 20.8. The van der Waals surface area contributed by atoms with Crippen LogP contribution >= 0.6 is 0 Å². The first-order valence-electron chi connectivity index (χ1n) is 8.16. The summed E-state index contributed by atoms with van der Waals surface area (Å²) in [6.07, 6.45) is 2.42. The van der Waals surface area contributed by atoms with Gasteiger partial charge in [-0.05, 0) is 58.1 Å². The summed E-state index contributed by atoms with van der Waals surface area (Å²) < 4.78 is 5.27. The van der Waals surface area contributed by atoms with Gasteiger partial charge in [0.05, 0.1) is 0 Å². The molecule has 0 saturated heterocycles. The van der Waals surface area contributed by atoms with E-state index < -0.39 is 5.60 Å². The number of rotatable bonds is 4. The summed E-state index contributed by atoms with van der Waals surface area (Å²) in [5, 5.41) is 5.88. The molecule has 0 heterocycles. The van der Waals surface area contributed by atoms with Gasteiger partial charge in [-0.25, -0.2) is 4.79 Å². The van der Waals surface area contributed by atoms with Crippen LogP contribution < -0.4 is 10.6 Å². The maximum Gasteiger partial charge on any atom is 0.407 e. The number of hydrogen-bond donors (Lipinski definition) is 2. The first-order chi connectivity index (χ1) is 10.8. The average molecular weight is 318 g/mol. The summed E-state index contributed by atoms with van der Waals surface area (Å²) in [7, 11) is 0. The Morgan fingerprint density at radius 3 is 2.52 bits per heavy atom. The van der Waals surface area contributed by atoms with E-state index in [4.69, 9.17) is 4.74 Å². The predicted molar refractivity (Wildman–Crippen MR) is 89.3 cm³/mol. The first-order valence-corrected chi connectivity index (χ1v) is 8.16. The molecule has 126 valence electrons. The number of alkyl carbamates (subject to hydrolysis) is 1. The standard InChI is InChI=1S/C18H26N2O3/c1-18(2,3)23-17(22)20-15-10-9-13(11-15)12-19-16(21)14-7-5-4-6-8-14/h4-8,13,15H,9-12H2,1-3H3,(H,19,21)(H,20,22)/t13-,15+/m1/s1. The largest absolute Gasteiger partial charge is 0.444 e. The highest BCUT2D eigenvalue weighted by atomic mass is 16.6. The van der Waals surface area contributed by atoms with Crippen molar-refractivity contribution in [2.75, 3.05) is 6.54 Å². The second kappa shape index (κ2) is 7.49. The van der Waals surface area contributed by atoms with Crippen LogP contribution in [-0.4, -0.2) is 30.2 Å². The van der Waals surface area contributed by atoms with E-state index >= 15 is 0 Å². The molecule has 5 nitrogen and oxygen atoms in total. The molecule has 0 bridgehead atoms. The van der Waals surface area contributed by atoms with E-state index in [1.54, 1.807) is 12.1 Å². The molecule has 2 atom stereocenters. The van der Waals surface area contributed by atoms with Gasteiger partial charge < -0.3 is 15.4 Å². The van der Waals surface area contributed by atoms with Crippen LogP contribution in [0.15, 0.2) is 30.3 Å². The Kier molecular flexibility index (Phi) is 5.64. The summed E-state index contributed by atoms with van der Waals surface area (Å²) >= 11 is 0. The Morgan fingerprint density at radius 1 is 1.17 bits per heavy atom. The molecule has 0 aromatic heterocycles. The fourth-order valence-corrected chi connectivity index (χ4v) is 2.79. The van der Waals surface area contributed by atoms with Gasteiger partial charge in [0.25, 0.3) is 5.91 Å². The van der Waals surface area contributed by atoms with E-state index in [-0.39, 0.29) is 18.0 Å². The second-order valence-electron chi connectivity index (χ2n) is 7.10. The average Bonchev–Trinajstić information content (AvgIpc) is 2.91. The summed E-state index contributed by atoms with van der Waals surface area (Å²) in [4.78, 5) is 23.8. The van der Waals surface area contributed by atoms with Crippen LogP contribution in [0.4, 0.5) is 4.79 Å². The molecule has 0 aliphatic heterocycles. The van der Waals surface area contributed by atoms with Crippen LogP contribution in [-0.2, 0) is 4.74 Å². The van der Waals surface area contributed by atoms with Gasteiger partial charge in [0.2, 0.25) is 0 Å². The molecule has 23 heavy (non-hydrogen) atoms. The zero-order valence-electron chi connectivity index (χ0n) is 14.1. The molecule has 1 fully saturated rings. The molecule has 1 aliphatic carbocycles. The predicted octanol–water partition coefficient (Wildman–Crippen LogP) is 3.11. The van der Waals surface area contributed by atoms with E-state index in [9.17, 15) is 9.59 Å². The highest BCUT2D eigenvalue weighted by Gasteiger charge is 2.27. The topological polar surface area (TPSA) is 67.4 Å². The highest BCUT2D eigenvalue weighted by Crippen LogP contribution is 2.25. The lowest BCUT2D eigenvalue weighted by atomic mass is 10.1. The van der Waals surface area contributed by atoms with Crippen molar-refractivity contribution in [1.29, 1.82) is 0 Å². The van der Waals surface area contributed by atoms with Crippen LogP contribution in [0.2, 0.25) is 0 Å². The molecule has 5 heteroatoms. The van der Waals surface area contributed by atoms with Gasteiger partial charge in [0, 0.05) is 18.2 Å². The minimum atomic E-state index is -0.480. The van der Waals surface area contributed by atoms with Crippen molar-refractivity contribution in [3.05, 3.63) is 35.9 Å². The third kappa shape index (κ3) is 5.93. The van der Waals surface area contributed by atoms with Gasteiger partial charge in [-0.1, -0.05) is 18.2 Å². The van der Waals surface area contributed by atoms with Crippen molar-refractivity contribution >= 4 is 12.0 Å². The Morgan fingerprint density at radius 2 is 1.87 bits per heavy atom. The van der Waals surface area contributed by atoms with Crippen molar-refractivity contribution in [2.24, 2.45) is 5.92 Å². The number of amides is 2. The minimum Gasteiger partial charge on any atom is -0.444 e. The summed E-state index contributed by atoms with van der Waals surface area (Å²) in [6, 6.07) is 9.33. The molecular formula is C18H26N2O3. The minimum absolute atomic E-state index is 0.0471. The number of nitrogens with one attached hydrogen (secondary N) is 2. The third-order valence-corrected chi connectivity index (χ3v) is 3.85. The molecule has 2 N–H and O–H groups in total. The van der Waals surface area contributed by atoms with Gasteiger partial charge in [-0.3, -0.25) is 4.79 Å². The molecule has 0 spiro atoms. The first kappa shape index (κ1) is 17.3. The quantitative estimate of drug-likeness (QED) is 0.896. The number of ether oxygens (including phenoxy) is 1. The smallest absolute Gasteiger partial charge is 0.407 e. The van der Waals surface area contributed by atoms with Crippen molar-refractivity contribution < 1.29 is 14.3 Å². The summed E-state index contributed by atoms with van der Waals surface area (Å²) in [6.45, 7) is 6.19. The number of benzene rings is 1. The lowest BCUT2D eigenvalue weighted by Gasteiger charge is -2.21. The van der Waals surface area contributed by atoms with E-state index in [2.05, 4.69) is 10.6 Å². The van der Waals surface area contributed by atoms with Crippen LogP contribution in [0.3, 0.4) is 0 Å². The number of hydrogen-bond acceptors (Lipinski definition) is 3. The van der Waals surface area contributed by atoms with Crippen LogP contribution in [0, 0.1) is 5.92 Å². The molecule has 2 rings (SSSR count). The molecule has 1 aromatic rings. The van der Waals surface area contributed by atoms with Gasteiger partial charge in [-0.2, -0.15) is 0 Å². The zero-order chi connectivity index (χ0) is 16.9. The molecule has 1 saturated carbocycles. The Hall–Kier alpha value is -2.04. The summed E-state index contributed by atoms with van der Waals surface area (Å²) in [5.41, 5.74) is 0.195. The van der Waals surface area contributed by atoms with E-state index in [1.807, 2.05) is 39.0 Å². The molecule has 1 aliphatic rings. The lowest BCUT2D eigenvalue weighted by molar-refractivity contribution is 0.0504. The fourth-order valence-electron chi connectivity index (χ4n) is 2.79. The molecular weight excluding hydrogens is 292 g/mol. The molecule has 0 unspecified atom stereocenters. The van der Waals surface area contributed by atoms with Crippen molar-refractivity contribution in [1.82, 2.24) is 10.6 Å². The monoisotopic (exact) mass is 318 g/mol. The van der Waals surface area contributed by atoms with Crippen molar-refractivity contribution in [3.8, 4) is 0 Å². The lowest BCUT2D eigenvalue weighted by Crippen LogP contribution is -2.38. The van der Waals surface area contributed by atoms with Crippen molar-refractivity contribution in [2.45, 2.75) is 51.7 Å². The Labute approximate surface area is 137 Å². The number of carbonyl (C=O) groups is 2. The summed E-state index contributed by atoms with van der Waals surface area (Å²) in [5.74, 6) is 0.344.